The number of hydrogen-bond acceptors (Lipinski definition) is 2. The number of nitrogens with two attached hydrogens (primary N) is 1. The molecule has 0 saturated carbocycles. The minimum Gasteiger partial charge on any atom is -0.496 e. The Balaban J connectivity index is 2.73. The number of hydrogen-bond donors (Lipinski definition) is 1. The van der Waals surface area contributed by atoms with Crippen molar-refractivity contribution in [1.82, 2.24) is 0 Å². The number of aryl methyl sites for hydroxylation is 2. The van der Waals surface area contributed by atoms with Gasteiger partial charge in [-0.15, -0.1) is 0 Å². The molecule has 0 amide bonds. The maximum absolute atomic E-state index is 5.62. The molecule has 0 aliphatic heterocycles. The van der Waals surface area contributed by atoms with Crippen LogP contribution in [0.3, 0.4) is 0 Å². The molecule has 2 nitrogen and oxygen atoms in total. The highest BCUT2D eigenvalue weighted by molar-refractivity contribution is 5.92. The van der Waals surface area contributed by atoms with Crippen molar-refractivity contribution in [1.29, 1.82) is 0 Å². The molecule has 0 bridgehead atoms. The fourth-order valence-corrected chi connectivity index (χ4v) is 2.33. The zero-order valence-corrected chi connectivity index (χ0v) is 10.7. The largest absolute Gasteiger partial charge is 0.496 e. The van der Waals surface area contributed by atoms with Crippen molar-refractivity contribution in [3.63, 3.8) is 0 Å². The third-order valence-corrected chi connectivity index (χ3v) is 3.10. The third kappa shape index (κ3) is 2.27. The smallest absolute Gasteiger partial charge is 0.126 e. The van der Waals surface area contributed by atoms with Crippen LogP contribution in [0.1, 0.15) is 16.7 Å². The average molecular weight is 229 g/mol. The van der Waals surface area contributed by atoms with Gasteiger partial charge in [0, 0.05) is 5.39 Å². The Kier molecular flexibility index (Phi) is 3.34. The second-order valence-electron chi connectivity index (χ2n) is 4.51. The molecule has 2 N–H and O–H groups in total. The van der Waals surface area contributed by atoms with E-state index in [1.54, 1.807) is 7.11 Å². The molecule has 0 radical (unpaired) electrons. The molecule has 2 aromatic rings. The highest BCUT2D eigenvalue weighted by Gasteiger charge is 2.07. The molecule has 0 fully saturated rings. The molecule has 0 heterocycles. The second-order valence-corrected chi connectivity index (χ2v) is 4.51. The zero-order chi connectivity index (χ0) is 12.4. The Morgan fingerprint density at radius 3 is 2.47 bits per heavy atom. The van der Waals surface area contributed by atoms with E-state index >= 15 is 0 Å². The number of methoxy groups -OCH3 is 1. The van der Waals surface area contributed by atoms with Crippen LogP contribution < -0.4 is 10.5 Å². The Hall–Kier alpha value is -1.54. The van der Waals surface area contributed by atoms with Gasteiger partial charge in [-0.05, 0) is 55.5 Å². The van der Waals surface area contributed by atoms with E-state index in [4.69, 9.17) is 10.5 Å². The third-order valence-electron chi connectivity index (χ3n) is 3.10. The molecule has 2 aromatic carbocycles. The molecule has 0 aromatic heterocycles. The van der Waals surface area contributed by atoms with Crippen LogP contribution in [-0.4, -0.2) is 13.7 Å². The van der Waals surface area contributed by atoms with Crippen LogP contribution in [0.4, 0.5) is 0 Å². The summed E-state index contributed by atoms with van der Waals surface area (Å²) in [6.45, 7) is 4.92. The lowest BCUT2D eigenvalue weighted by molar-refractivity contribution is 0.419. The first-order valence-electron chi connectivity index (χ1n) is 5.93. The van der Waals surface area contributed by atoms with Crippen LogP contribution in [0.5, 0.6) is 5.75 Å². The van der Waals surface area contributed by atoms with E-state index < -0.39 is 0 Å². The first-order chi connectivity index (χ1) is 8.15. The Bertz CT molecular complexity index is 546. The molecule has 0 atom stereocenters. The van der Waals surface area contributed by atoms with Crippen molar-refractivity contribution in [2.75, 3.05) is 13.7 Å². The summed E-state index contributed by atoms with van der Waals surface area (Å²) in [5, 5.41) is 2.45. The summed E-state index contributed by atoms with van der Waals surface area (Å²) in [4.78, 5) is 0. The fraction of sp³-hybridized carbons (Fsp3) is 0.333. The number of ether oxygens (including phenoxy) is 1. The van der Waals surface area contributed by atoms with Gasteiger partial charge in [0.25, 0.3) is 0 Å². The summed E-state index contributed by atoms with van der Waals surface area (Å²) in [6, 6.07) is 8.69. The number of benzene rings is 2. The van der Waals surface area contributed by atoms with Crippen molar-refractivity contribution in [3.05, 3.63) is 41.0 Å². The molecule has 0 aliphatic rings. The van der Waals surface area contributed by atoms with Crippen molar-refractivity contribution in [2.24, 2.45) is 5.73 Å². The molecular formula is C15H19NO. The number of rotatable bonds is 3. The van der Waals surface area contributed by atoms with E-state index in [1.807, 2.05) is 0 Å². The topological polar surface area (TPSA) is 35.2 Å². The molecule has 17 heavy (non-hydrogen) atoms. The summed E-state index contributed by atoms with van der Waals surface area (Å²) in [5.41, 5.74) is 9.41. The molecule has 0 spiro atoms. The van der Waals surface area contributed by atoms with Gasteiger partial charge in [0.15, 0.2) is 0 Å². The maximum atomic E-state index is 5.62. The van der Waals surface area contributed by atoms with Gasteiger partial charge < -0.3 is 10.5 Å². The molecule has 2 rings (SSSR count). The lowest BCUT2D eigenvalue weighted by Gasteiger charge is -2.12. The van der Waals surface area contributed by atoms with Crippen LogP contribution in [0.15, 0.2) is 24.3 Å². The van der Waals surface area contributed by atoms with Crippen LogP contribution in [0, 0.1) is 13.8 Å². The highest BCUT2D eigenvalue weighted by atomic mass is 16.5. The minimum atomic E-state index is 0.666. The predicted octanol–water partition coefficient (Wildman–Crippen LogP) is 2.97. The second kappa shape index (κ2) is 4.76. The van der Waals surface area contributed by atoms with Crippen molar-refractivity contribution in [2.45, 2.75) is 20.3 Å². The lowest BCUT2D eigenvalue weighted by Crippen LogP contribution is -2.03. The normalized spacial score (nSPS) is 10.8. The Labute approximate surface area is 102 Å². The van der Waals surface area contributed by atoms with Crippen molar-refractivity contribution in [3.8, 4) is 5.75 Å². The summed E-state index contributed by atoms with van der Waals surface area (Å²) >= 11 is 0. The van der Waals surface area contributed by atoms with Crippen molar-refractivity contribution < 1.29 is 4.74 Å². The van der Waals surface area contributed by atoms with Gasteiger partial charge in [-0.25, -0.2) is 0 Å². The molecular weight excluding hydrogens is 210 g/mol. The molecule has 0 aliphatic carbocycles. The minimum absolute atomic E-state index is 0.666. The van der Waals surface area contributed by atoms with Gasteiger partial charge in [0.2, 0.25) is 0 Å². The van der Waals surface area contributed by atoms with Gasteiger partial charge in [-0.3, -0.25) is 0 Å². The molecule has 0 saturated heterocycles. The van der Waals surface area contributed by atoms with Crippen LogP contribution in [0.25, 0.3) is 10.8 Å². The Morgan fingerprint density at radius 2 is 1.82 bits per heavy atom. The van der Waals surface area contributed by atoms with E-state index in [1.165, 1.54) is 27.5 Å². The van der Waals surface area contributed by atoms with Gasteiger partial charge >= 0.3 is 0 Å². The first kappa shape index (κ1) is 11.9. The number of fused-ring (bicyclic) bond motifs is 1. The standard InChI is InChI=1S/C15H19NO/c1-10-6-11(2)13-8-12(4-5-16)9-15(17-3)14(13)7-10/h6-9H,4-5,16H2,1-3H3. The summed E-state index contributed by atoms with van der Waals surface area (Å²) in [6.07, 6.45) is 0.889. The molecule has 0 unspecified atom stereocenters. The monoisotopic (exact) mass is 229 g/mol. The van der Waals surface area contributed by atoms with Gasteiger partial charge in [0.1, 0.15) is 5.75 Å². The summed E-state index contributed by atoms with van der Waals surface area (Å²) < 4.78 is 5.48. The molecule has 90 valence electrons. The summed E-state index contributed by atoms with van der Waals surface area (Å²) in [7, 11) is 1.72. The van der Waals surface area contributed by atoms with Gasteiger partial charge in [0.05, 0.1) is 7.11 Å². The van der Waals surface area contributed by atoms with Crippen LogP contribution in [0.2, 0.25) is 0 Å². The lowest BCUT2D eigenvalue weighted by atomic mass is 9.98. The van der Waals surface area contributed by atoms with E-state index in [0.717, 1.165) is 12.2 Å². The van der Waals surface area contributed by atoms with Crippen molar-refractivity contribution >= 4 is 10.8 Å². The van der Waals surface area contributed by atoms with E-state index in [2.05, 4.69) is 38.1 Å². The Morgan fingerprint density at radius 1 is 1.06 bits per heavy atom. The highest BCUT2D eigenvalue weighted by Crippen LogP contribution is 2.30. The fourth-order valence-electron chi connectivity index (χ4n) is 2.33. The van der Waals surface area contributed by atoms with E-state index in [0.29, 0.717) is 6.54 Å². The van der Waals surface area contributed by atoms with Gasteiger partial charge in [-0.2, -0.15) is 0 Å². The van der Waals surface area contributed by atoms with E-state index in [9.17, 15) is 0 Å². The van der Waals surface area contributed by atoms with Crippen LogP contribution in [-0.2, 0) is 6.42 Å². The van der Waals surface area contributed by atoms with E-state index in [-0.39, 0.29) is 0 Å². The SMILES string of the molecule is COc1cc(CCN)cc2c(C)cc(C)cc12. The maximum Gasteiger partial charge on any atom is 0.126 e. The predicted molar refractivity (Wildman–Crippen MR) is 72.7 cm³/mol. The van der Waals surface area contributed by atoms with Crippen LogP contribution >= 0.6 is 0 Å². The summed E-state index contributed by atoms with van der Waals surface area (Å²) in [5.74, 6) is 0.942. The average Bonchev–Trinajstić information content (AvgIpc) is 2.29. The first-order valence-corrected chi connectivity index (χ1v) is 5.93. The molecule has 2 heteroatoms. The van der Waals surface area contributed by atoms with Gasteiger partial charge in [-0.1, -0.05) is 17.7 Å². The quantitative estimate of drug-likeness (QED) is 0.878. The zero-order valence-electron chi connectivity index (χ0n) is 10.7.